The normalized spacial score (nSPS) is 11.3. The van der Waals surface area contributed by atoms with Crippen LogP contribution in [0.25, 0.3) is 15.2 Å². The topological polar surface area (TPSA) is 33.4 Å². The maximum absolute atomic E-state index is 4.35. The summed E-state index contributed by atoms with van der Waals surface area (Å²) < 4.78 is 3.39. The molecule has 2 aromatic heterocycles. The van der Waals surface area contributed by atoms with Gasteiger partial charge in [-0.1, -0.05) is 41.7 Å². The first-order valence-electron chi connectivity index (χ1n) is 6.80. The van der Waals surface area contributed by atoms with E-state index in [1.165, 1.54) is 15.9 Å². The Morgan fingerprint density at radius 1 is 1.00 bits per heavy atom. The second-order valence-corrected chi connectivity index (χ2v) is 6.00. The molecule has 0 aliphatic rings. The Labute approximate surface area is 126 Å². The highest BCUT2D eigenvalue weighted by Gasteiger charge is 2.13. The van der Waals surface area contributed by atoms with Crippen LogP contribution in [0.3, 0.4) is 0 Å². The average molecular weight is 294 g/mol. The Morgan fingerprint density at radius 3 is 2.62 bits per heavy atom. The minimum absolute atomic E-state index is 0.728. The molecule has 0 bridgehead atoms. The van der Waals surface area contributed by atoms with E-state index < -0.39 is 0 Å². The smallest absolute Gasteiger partial charge is 0.217 e. The molecule has 4 nitrogen and oxygen atoms in total. The van der Waals surface area contributed by atoms with E-state index in [0.29, 0.717) is 0 Å². The van der Waals surface area contributed by atoms with Crippen LogP contribution in [0.15, 0.2) is 54.6 Å². The minimum Gasteiger partial charge on any atom is -0.367 e. The number of hydrogen-bond acceptors (Lipinski definition) is 4. The predicted molar refractivity (Wildman–Crippen MR) is 86.9 cm³/mol. The fourth-order valence-electron chi connectivity index (χ4n) is 2.52. The van der Waals surface area contributed by atoms with Crippen molar-refractivity contribution in [2.45, 2.75) is 6.54 Å². The van der Waals surface area contributed by atoms with Crippen LogP contribution < -0.4 is 4.90 Å². The summed E-state index contributed by atoms with van der Waals surface area (Å²) in [5.41, 5.74) is 2.35. The lowest BCUT2D eigenvalue weighted by Gasteiger charge is -2.17. The van der Waals surface area contributed by atoms with Crippen LogP contribution in [0.2, 0.25) is 0 Å². The molecule has 0 saturated carbocycles. The molecule has 0 radical (unpaired) electrons. The average Bonchev–Trinajstić information content (AvgIpc) is 3.08. The summed E-state index contributed by atoms with van der Waals surface area (Å²) in [5.74, 6) is 0.966. The number of anilines is 1. The Kier molecular flexibility index (Phi) is 2.86. The lowest BCUT2D eigenvalue weighted by Crippen LogP contribution is -2.18. The van der Waals surface area contributed by atoms with Crippen LogP contribution in [0, 0.1) is 0 Å². The zero-order valence-electron chi connectivity index (χ0n) is 11.6. The molecule has 0 saturated heterocycles. The summed E-state index contributed by atoms with van der Waals surface area (Å²) in [7, 11) is 2.07. The monoisotopic (exact) mass is 294 g/mol. The highest BCUT2D eigenvalue weighted by Crippen LogP contribution is 2.26. The van der Waals surface area contributed by atoms with Crippen LogP contribution >= 0.6 is 11.3 Å². The molecule has 4 aromatic rings. The van der Waals surface area contributed by atoms with Crippen molar-refractivity contribution in [1.29, 1.82) is 0 Å². The van der Waals surface area contributed by atoms with Gasteiger partial charge in [0.15, 0.2) is 5.82 Å². The fourth-order valence-corrected chi connectivity index (χ4v) is 3.51. The van der Waals surface area contributed by atoms with Crippen molar-refractivity contribution in [1.82, 2.24) is 14.6 Å². The Bertz CT molecular complexity index is 894. The van der Waals surface area contributed by atoms with E-state index in [1.807, 2.05) is 18.2 Å². The largest absolute Gasteiger partial charge is 0.367 e. The number of fused-ring (bicyclic) bond motifs is 3. The Hall–Kier alpha value is -2.40. The third-order valence-electron chi connectivity index (χ3n) is 3.58. The van der Waals surface area contributed by atoms with E-state index in [4.69, 9.17) is 0 Å². The van der Waals surface area contributed by atoms with E-state index in [1.54, 1.807) is 11.3 Å². The molecule has 104 valence electrons. The van der Waals surface area contributed by atoms with E-state index in [2.05, 4.69) is 62.9 Å². The second kappa shape index (κ2) is 4.86. The SMILES string of the molecule is CN(Cc1nnc2sc3ccccc3n12)c1ccccc1. The van der Waals surface area contributed by atoms with Crippen molar-refractivity contribution in [3.05, 3.63) is 60.4 Å². The third kappa shape index (κ3) is 2.06. The summed E-state index contributed by atoms with van der Waals surface area (Å²) in [6, 6.07) is 18.7. The van der Waals surface area contributed by atoms with Gasteiger partial charge in [-0.25, -0.2) is 0 Å². The zero-order valence-corrected chi connectivity index (χ0v) is 12.4. The van der Waals surface area contributed by atoms with Gasteiger partial charge in [-0.3, -0.25) is 4.40 Å². The lowest BCUT2D eigenvalue weighted by atomic mass is 10.3. The molecule has 5 heteroatoms. The van der Waals surface area contributed by atoms with Gasteiger partial charge in [0.05, 0.1) is 16.8 Å². The maximum atomic E-state index is 4.35. The molecule has 0 aliphatic carbocycles. The van der Waals surface area contributed by atoms with Gasteiger partial charge in [0.2, 0.25) is 4.96 Å². The number of para-hydroxylation sites is 2. The van der Waals surface area contributed by atoms with Gasteiger partial charge in [-0.2, -0.15) is 0 Å². The Morgan fingerprint density at radius 2 is 1.76 bits per heavy atom. The van der Waals surface area contributed by atoms with Crippen molar-refractivity contribution in [2.75, 3.05) is 11.9 Å². The van der Waals surface area contributed by atoms with Crippen LogP contribution in [0.1, 0.15) is 5.82 Å². The number of aromatic nitrogens is 3. The van der Waals surface area contributed by atoms with Crippen LogP contribution in [-0.4, -0.2) is 21.6 Å². The fraction of sp³-hybridized carbons (Fsp3) is 0.125. The molecule has 0 atom stereocenters. The summed E-state index contributed by atoms with van der Waals surface area (Å²) in [4.78, 5) is 3.13. The molecule has 21 heavy (non-hydrogen) atoms. The number of benzene rings is 2. The van der Waals surface area contributed by atoms with Crippen molar-refractivity contribution < 1.29 is 0 Å². The molecule has 0 spiro atoms. The highest BCUT2D eigenvalue weighted by molar-refractivity contribution is 7.23. The number of nitrogens with zero attached hydrogens (tertiary/aromatic N) is 4. The third-order valence-corrected chi connectivity index (χ3v) is 4.60. The van der Waals surface area contributed by atoms with Gasteiger partial charge < -0.3 is 4.90 Å². The molecule has 0 aliphatic heterocycles. The van der Waals surface area contributed by atoms with E-state index in [-0.39, 0.29) is 0 Å². The first kappa shape index (κ1) is 12.3. The standard InChI is InChI=1S/C16H14N4S/c1-19(12-7-3-2-4-8-12)11-15-17-18-16-20(15)13-9-5-6-10-14(13)21-16/h2-10H,11H2,1H3. The molecular weight excluding hydrogens is 280 g/mol. The number of thiazole rings is 1. The summed E-state index contributed by atoms with van der Waals surface area (Å²) in [6.45, 7) is 0.728. The molecule has 4 rings (SSSR count). The van der Waals surface area contributed by atoms with Gasteiger partial charge in [-0.05, 0) is 24.3 Å². The summed E-state index contributed by atoms with van der Waals surface area (Å²) >= 11 is 1.68. The van der Waals surface area contributed by atoms with Crippen LogP contribution in [-0.2, 0) is 6.54 Å². The van der Waals surface area contributed by atoms with Gasteiger partial charge in [-0.15, -0.1) is 10.2 Å². The van der Waals surface area contributed by atoms with Gasteiger partial charge >= 0.3 is 0 Å². The predicted octanol–water partition coefficient (Wildman–Crippen LogP) is 3.58. The first-order chi connectivity index (χ1) is 10.3. The number of hydrogen-bond donors (Lipinski definition) is 0. The maximum Gasteiger partial charge on any atom is 0.217 e. The summed E-state index contributed by atoms with van der Waals surface area (Å²) in [5, 5.41) is 8.66. The molecule has 2 aromatic carbocycles. The van der Waals surface area contributed by atoms with Crippen molar-refractivity contribution in [3.63, 3.8) is 0 Å². The molecule has 2 heterocycles. The zero-order chi connectivity index (χ0) is 14.2. The minimum atomic E-state index is 0.728. The van der Waals surface area contributed by atoms with E-state index in [0.717, 1.165) is 17.3 Å². The molecule has 0 amide bonds. The highest BCUT2D eigenvalue weighted by atomic mass is 32.1. The number of rotatable bonds is 3. The van der Waals surface area contributed by atoms with Gasteiger partial charge in [0.1, 0.15) is 0 Å². The van der Waals surface area contributed by atoms with Crippen LogP contribution in [0.4, 0.5) is 5.69 Å². The second-order valence-electron chi connectivity index (χ2n) is 5.00. The summed E-state index contributed by atoms with van der Waals surface area (Å²) in [6.07, 6.45) is 0. The van der Waals surface area contributed by atoms with Crippen molar-refractivity contribution in [3.8, 4) is 0 Å². The molecular formula is C16H14N4S. The molecule has 0 N–H and O–H groups in total. The van der Waals surface area contributed by atoms with Gasteiger partial charge in [0, 0.05) is 12.7 Å². The first-order valence-corrected chi connectivity index (χ1v) is 7.62. The van der Waals surface area contributed by atoms with Gasteiger partial charge in [0.25, 0.3) is 0 Å². The van der Waals surface area contributed by atoms with Crippen molar-refractivity contribution in [2.24, 2.45) is 0 Å². The quantitative estimate of drug-likeness (QED) is 0.579. The van der Waals surface area contributed by atoms with Crippen molar-refractivity contribution >= 4 is 32.2 Å². The molecule has 0 fully saturated rings. The van der Waals surface area contributed by atoms with E-state index >= 15 is 0 Å². The lowest BCUT2D eigenvalue weighted by molar-refractivity contribution is 0.829. The molecule has 0 unspecified atom stereocenters. The Balaban J connectivity index is 1.77. The van der Waals surface area contributed by atoms with Crippen LogP contribution in [0.5, 0.6) is 0 Å². The van der Waals surface area contributed by atoms with E-state index in [9.17, 15) is 0 Å².